The summed E-state index contributed by atoms with van der Waals surface area (Å²) in [7, 11) is -0.492. The molecular weight excluding hydrogens is 335 g/mol. The van der Waals surface area contributed by atoms with Crippen molar-refractivity contribution in [2.24, 2.45) is 0 Å². The molecule has 25 heavy (non-hydrogen) atoms. The first-order valence-electron chi connectivity index (χ1n) is 8.46. The Bertz CT molecular complexity index is 666. The third-order valence-electron chi connectivity index (χ3n) is 5.00. The van der Waals surface area contributed by atoms with Crippen LogP contribution in [0.15, 0.2) is 23.7 Å². The van der Waals surface area contributed by atoms with Crippen molar-refractivity contribution in [1.82, 2.24) is 0 Å². The number of aliphatic hydroxyl groups excluding tert-OH is 1. The van der Waals surface area contributed by atoms with Crippen LogP contribution in [0.3, 0.4) is 0 Å². The molecule has 1 aliphatic rings. The van der Waals surface area contributed by atoms with Gasteiger partial charge >= 0.3 is 7.12 Å². The Labute approximate surface area is 155 Å². The highest BCUT2D eigenvalue weighted by Crippen LogP contribution is 2.39. The minimum absolute atomic E-state index is 0.00152. The highest BCUT2D eigenvalue weighted by molar-refractivity contribution is 8.13. The summed E-state index contributed by atoms with van der Waals surface area (Å²) in [6, 6.07) is 5.83. The average Bonchev–Trinajstić information content (AvgIpc) is 2.73. The zero-order valence-corrected chi connectivity index (χ0v) is 16.7. The van der Waals surface area contributed by atoms with E-state index >= 15 is 0 Å². The third-order valence-corrected chi connectivity index (χ3v) is 5.88. The summed E-state index contributed by atoms with van der Waals surface area (Å²) >= 11 is 1.24. The molecule has 0 saturated carbocycles. The zero-order chi connectivity index (χ0) is 18.8. The minimum Gasteiger partial charge on any atom is -0.400 e. The number of thioether (sulfide) groups is 1. The standard InChI is InChI=1S/C19H27BO4S/c1-13-15(8-7-9-16(13)11-21)10-17(12-25-14(2)22)20-23-18(3,4)19(5,6)24-20/h7-10,21H,11-12H2,1-6H3. The second kappa shape index (κ2) is 7.66. The van der Waals surface area contributed by atoms with Gasteiger partial charge in [0.05, 0.1) is 17.8 Å². The number of benzene rings is 1. The van der Waals surface area contributed by atoms with Crippen LogP contribution in [-0.2, 0) is 20.7 Å². The molecule has 1 aromatic rings. The van der Waals surface area contributed by atoms with Crippen LogP contribution in [0, 0.1) is 6.92 Å². The molecule has 0 aromatic heterocycles. The summed E-state index contributed by atoms with van der Waals surface area (Å²) in [5.41, 5.74) is 2.96. The van der Waals surface area contributed by atoms with Crippen LogP contribution in [-0.4, -0.2) is 34.3 Å². The fourth-order valence-electron chi connectivity index (χ4n) is 2.59. The van der Waals surface area contributed by atoms with E-state index < -0.39 is 18.3 Å². The van der Waals surface area contributed by atoms with Gasteiger partial charge in [0.1, 0.15) is 0 Å². The van der Waals surface area contributed by atoms with Gasteiger partial charge in [0, 0.05) is 12.7 Å². The summed E-state index contributed by atoms with van der Waals surface area (Å²) < 4.78 is 12.3. The molecule has 0 radical (unpaired) electrons. The molecule has 1 N–H and O–H groups in total. The highest BCUT2D eigenvalue weighted by Gasteiger charge is 2.52. The van der Waals surface area contributed by atoms with Crippen molar-refractivity contribution < 1.29 is 19.2 Å². The second-order valence-electron chi connectivity index (χ2n) is 7.38. The topological polar surface area (TPSA) is 55.8 Å². The lowest BCUT2D eigenvalue weighted by molar-refractivity contribution is -0.109. The molecule has 0 bridgehead atoms. The summed E-state index contributed by atoms with van der Waals surface area (Å²) in [6.45, 7) is 11.6. The molecule has 136 valence electrons. The quantitative estimate of drug-likeness (QED) is 0.808. The van der Waals surface area contributed by atoms with E-state index in [1.54, 1.807) is 6.92 Å². The summed E-state index contributed by atoms with van der Waals surface area (Å²) in [6.07, 6.45) is 2.02. The monoisotopic (exact) mass is 362 g/mol. The molecule has 0 aliphatic carbocycles. The van der Waals surface area contributed by atoms with Crippen LogP contribution >= 0.6 is 11.8 Å². The van der Waals surface area contributed by atoms with Crippen LogP contribution in [0.5, 0.6) is 0 Å². The first kappa shape index (κ1) is 20.2. The lowest BCUT2D eigenvalue weighted by Gasteiger charge is -2.32. The zero-order valence-electron chi connectivity index (χ0n) is 15.9. The van der Waals surface area contributed by atoms with E-state index in [2.05, 4.69) is 0 Å². The van der Waals surface area contributed by atoms with Gasteiger partial charge in [-0.2, -0.15) is 0 Å². The number of carbonyl (C=O) groups is 1. The normalized spacial score (nSPS) is 19.3. The van der Waals surface area contributed by atoms with Crippen molar-refractivity contribution in [2.75, 3.05) is 5.75 Å². The van der Waals surface area contributed by atoms with E-state index in [1.165, 1.54) is 11.8 Å². The van der Waals surface area contributed by atoms with Crippen molar-refractivity contribution >= 4 is 30.1 Å². The smallest absolute Gasteiger partial charge is 0.400 e. The van der Waals surface area contributed by atoms with Crippen LogP contribution in [0.4, 0.5) is 0 Å². The predicted molar refractivity (Wildman–Crippen MR) is 104 cm³/mol. The van der Waals surface area contributed by atoms with Crippen molar-refractivity contribution in [1.29, 1.82) is 0 Å². The Morgan fingerprint density at radius 1 is 1.24 bits per heavy atom. The molecule has 0 unspecified atom stereocenters. The number of hydrogen-bond donors (Lipinski definition) is 1. The van der Waals surface area contributed by atoms with Gasteiger partial charge in [-0.05, 0) is 56.8 Å². The fraction of sp³-hybridized carbons (Fsp3) is 0.526. The van der Waals surface area contributed by atoms with Gasteiger partial charge < -0.3 is 14.4 Å². The lowest BCUT2D eigenvalue weighted by Crippen LogP contribution is -2.41. The number of hydrogen-bond acceptors (Lipinski definition) is 5. The van der Waals surface area contributed by atoms with Crippen molar-refractivity contribution in [2.45, 2.75) is 59.4 Å². The van der Waals surface area contributed by atoms with E-state index in [1.807, 2.05) is 58.9 Å². The van der Waals surface area contributed by atoms with Gasteiger partial charge in [-0.25, -0.2) is 0 Å². The summed E-state index contributed by atoms with van der Waals surface area (Å²) in [5.74, 6) is 0.509. The fourth-order valence-corrected chi connectivity index (χ4v) is 3.18. The molecule has 2 rings (SSSR count). The maximum Gasteiger partial charge on any atom is 0.491 e. The van der Waals surface area contributed by atoms with Gasteiger partial charge in [0.2, 0.25) is 0 Å². The molecule has 1 saturated heterocycles. The Morgan fingerprint density at radius 2 is 1.84 bits per heavy atom. The Kier molecular flexibility index (Phi) is 6.20. The van der Waals surface area contributed by atoms with Crippen molar-refractivity contribution in [3.05, 3.63) is 40.4 Å². The molecule has 1 heterocycles. The number of aliphatic hydroxyl groups is 1. The second-order valence-corrected chi connectivity index (χ2v) is 8.53. The van der Waals surface area contributed by atoms with Gasteiger partial charge in [0.15, 0.2) is 5.12 Å². The van der Waals surface area contributed by atoms with Gasteiger partial charge in [0.25, 0.3) is 0 Å². The molecule has 0 amide bonds. The van der Waals surface area contributed by atoms with E-state index in [9.17, 15) is 9.90 Å². The first-order chi connectivity index (χ1) is 11.6. The number of carbonyl (C=O) groups excluding carboxylic acids is 1. The molecular formula is C19H27BO4S. The SMILES string of the molecule is CC(=O)SCC(=Cc1cccc(CO)c1C)B1OC(C)(C)C(C)(C)O1. The molecule has 4 nitrogen and oxygen atoms in total. The van der Waals surface area contributed by atoms with Crippen LogP contribution in [0.25, 0.3) is 6.08 Å². The van der Waals surface area contributed by atoms with Crippen LogP contribution in [0.1, 0.15) is 51.3 Å². The van der Waals surface area contributed by atoms with E-state index in [0.29, 0.717) is 5.75 Å². The van der Waals surface area contributed by atoms with E-state index in [4.69, 9.17) is 9.31 Å². The van der Waals surface area contributed by atoms with Crippen molar-refractivity contribution in [3.8, 4) is 0 Å². The maximum atomic E-state index is 11.5. The minimum atomic E-state index is -0.492. The molecule has 0 atom stereocenters. The van der Waals surface area contributed by atoms with Crippen molar-refractivity contribution in [3.63, 3.8) is 0 Å². The lowest BCUT2D eigenvalue weighted by atomic mass is 9.78. The summed E-state index contributed by atoms with van der Waals surface area (Å²) in [4.78, 5) is 11.5. The largest absolute Gasteiger partial charge is 0.491 e. The molecule has 1 fully saturated rings. The van der Waals surface area contributed by atoms with Crippen LogP contribution in [0.2, 0.25) is 0 Å². The van der Waals surface area contributed by atoms with Gasteiger partial charge in [-0.3, -0.25) is 4.79 Å². The molecule has 1 aromatic carbocycles. The highest BCUT2D eigenvalue weighted by atomic mass is 32.2. The third kappa shape index (κ3) is 4.56. The molecule has 6 heteroatoms. The molecule has 1 aliphatic heterocycles. The Hall–Kier alpha value is -1.08. The summed E-state index contributed by atoms with van der Waals surface area (Å²) in [5, 5.41) is 9.54. The van der Waals surface area contributed by atoms with Gasteiger partial charge in [-0.15, -0.1) is 0 Å². The Balaban J connectivity index is 2.39. The maximum absolute atomic E-state index is 11.5. The van der Waals surface area contributed by atoms with Crippen LogP contribution < -0.4 is 0 Å². The van der Waals surface area contributed by atoms with Gasteiger partial charge in [-0.1, -0.05) is 36.0 Å². The van der Waals surface area contributed by atoms with E-state index in [0.717, 1.165) is 22.2 Å². The predicted octanol–water partition coefficient (Wildman–Crippen LogP) is 3.78. The number of rotatable bonds is 5. The molecule has 0 spiro atoms. The Morgan fingerprint density at radius 3 is 2.36 bits per heavy atom. The average molecular weight is 362 g/mol. The first-order valence-corrected chi connectivity index (χ1v) is 9.45. The van der Waals surface area contributed by atoms with E-state index in [-0.39, 0.29) is 11.7 Å².